The number of amides is 2. The van der Waals surface area contributed by atoms with Gasteiger partial charge in [-0.25, -0.2) is 4.79 Å². The molecule has 2 aliphatic rings. The van der Waals surface area contributed by atoms with E-state index in [2.05, 4.69) is 5.32 Å². The summed E-state index contributed by atoms with van der Waals surface area (Å²) in [6, 6.07) is 14.6. The number of nitrogens with one attached hydrogen (secondary N) is 1. The van der Waals surface area contributed by atoms with Crippen LogP contribution in [0, 0.1) is 5.92 Å². The monoisotopic (exact) mass is 424 g/mol. The molecule has 8 heteroatoms. The Balaban J connectivity index is 1.41. The van der Waals surface area contributed by atoms with Crippen LogP contribution < -0.4 is 5.32 Å². The van der Waals surface area contributed by atoms with Crippen molar-refractivity contribution in [2.75, 3.05) is 26.3 Å². The minimum Gasteiger partial charge on any atom is -0.481 e. The molecule has 0 bridgehead atoms. The normalized spacial score (nSPS) is 16.1. The van der Waals surface area contributed by atoms with E-state index >= 15 is 0 Å². The van der Waals surface area contributed by atoms with Crippen molar-refractivity contribution in [2.24, 2.45) is 5.92 Å². The third-order valence-electron chi connectivity index (χ3n) is 5.84. The second-order valence-electron chi connectivity index (χ2n) is 7.91. The maximum Gasteiger partial charge on any atom is 0.407 e. The van der Waals surface area contributed by atoms with E-state index in [1.165, 1.54) is 4.90 Å². The standard InChI is InChI=1S/C23H24N2O6/c26-12-14-10-25(11-14)22(29)20(9-21(27)28)24-23(30)31-13-19-17-7-3-1-5-15(17)16-6-2-4-8-18(16)19/h1-8,14,19-20,26H,9-13H2,(H,24,30)(H,27,28). The molecule has 162 valence electrons. The zero-order valence-corrected chi connectivity index (χ0v) is 16.9. The number of ether oxygens (including phenoxy) is 1. The summed E-state index contributed by atoms with van der Waals surface area (Å²) in [7, 11) is 0. The van der Waals surface area contributed by atoms with E-state index in [4.69, 9.17) is 14.9 Å². The maximum absolute atomic E-state index is 12.6. The number of carbonyl (C=O) groups excluding carboxylic acids is 2. The second-order valence-corrected chi connectivity index (χ2v) is 7.91. The second kappa shape index (κ2) is 8.77. The van der Waals surface area contributed by atoms with Crippen LogP contribution in [0.1, 0.15) is 23.5 Å². The van der Waals surface area contributed by atoms with E-state index in [1.54, 1.807) is 0 Å². The lowest BCUT2D eigenvalue weighted by atomic mass is 9.98. The molecule has 0 saturated carbocycles. The van der Waals surface area contributed by atoms with Crippen LogP contribution in [0.2, 0.25) is 0 Å². The predicted octanol–water partition coefficient (Wildman–Crippen LogP) is 1.82. The first-order chi connectivity index (χ1) is 15.0. The quantitative estimate of drug-likeness (QED) is 0.624. The Morgan fingerprint density at radius 3 is 2.16 bits per heavy atom. The SMILES string of the molecule is O=C(O)CC(NC(=O)OCC1c2ccccc2-c2ccccc21)C(=O)N1CC(CO)C1. The average molecular weight is 424 g/mol. The molecule has 2 aromatic carbocycles. The van der Waals surface area contributed by atoms with Crippen molar-refractivity contribution in [2.45, 2.75) is 18.4 Å². The number of hydrogen-bond donors (Lipinski definition) is 3. The van der Waals surface area contributed by atoms with Crippen molar-refractivity contribution in [3.8, 4) is 11.1 Å². The number of hydrogen-bond acceptors (Lipinski definition) is 5. The first-order valence-corrected chi connectivity index (χ1v) is 10.2. The highest BCUT2D eigenvalue weighted by molar-refractivity contribution is 5.89. The van der Waals surface area contributed by atoms with Gasteiger partial charge in [0.25, 0.3) is 0 Å². The molecule has 1 aliphatic heterocycles. The van der Waals surface area contributed by atoms with E-state index in [0.29, 0.717) is 13.1 Å². The third-order valence-corrected chi connectivity index (χ3v) is 5.84. The van der Waals surface area contributed by atoms with E-state index in [0.717, 1.165) is 22.3 Å². The summed E-state index contributed by atoms with van der Waals surface area (Å²) < 4.78 is 5.42. The number of fused-ring (bicyclic) bond motifs is 3. The Bertz CT molecular complexity index is 956. The topological polar surface area (TPSA) is 116 Å². The highest BCUT2D eigenvalue weighted by atomic mass is 16.5. The van der Waals surface area contributed by atoms with E-state index in [1.807, 2.05) is 48.5 Å². The van der Waals surface area contributed by atoms with Gasteiger partial charge in [-0.1, -0.05) is 48.5 Å². The number of aliphatic hydroxyl groups excluding tert-OH is 1. The van der Waals surface area contributed by atoms with Crippen molar-refractivity contribution < 1.29 is 29.3 Å². The van der Waals surface area contributed by atoms with Crippen molar-refractivity contribution in [3.63, 3.8) is 0 Å². The number of likely N-dealkylation sites (tertiary alicyclic amines) is 1. The summed E-state index contributed by atoms with van der Waals surface area (Å²) in [4.78, 5) is 37.6. The predicted molar refractivity (Wildman–Crippen MR) is 111 cm³/mol. The molecular formula is C23H24N2O6. The fraction of sp³-hybridized carbons (Fsp3) is 0.348. The molecule has 1 atom stereocenters. The number of aliphatic hydroxyl groups is 1. The number of rotatable bonds is 7. The van der Waals surface area contributed by atoms with E-state index in [9.17, 15) is 14.4 Å². The van der Waals surface area contributed by atoms with Crippen molar-refractivity contribution >= 4 is 18.0 Å². The lowest BCUT2D eigenvalue weighted by molar-refractivity contribution is -0.146. The van der Waals surface area contributed by atoms with Gasteiger partial charge in [-0.3, -0.25) is 9.59 Å². The van der Waals surface area contributed by atoms with Crippen molar-refractivity contribution in [1.29, 1.82) is 0 Å². The van der Waals surface area contributed by atoms with Gasteiger partial charge in [0.15, 0.2) is 0 Å². The van der Waals surface area contributed by atoms with Crippen LogP contribution in [0.5, 0.6) is 0 Å². The van der Waals surface area contributed by atoms with Gasteiger partial charge in [0.2, 0.25) is 5.91 Å². The molecule has 1 heterocycles. The molecule has 1 fully saturated rings. The van der Waals surface area contributed by atoms with Gasteiger partial charge in [0.05, 0.1) is 6.42 Å². The lowest BCUT2D eigenvalue weighted by Gasteiger charge is -2.40. The molecule has 0 radical (unpaired) electrons. The van der Waals surface area contributed by atoms with Crippen molar-refractivity contribution in [1.82, 2.24) is 10.2 Å². The van der Waals surface area contributed by atoms with Gasteiger partial charge in [-0.2, -0.15) is 0 Å². The van der Waals surface area contributed by atoms with Crippen LogP contribution in [0.4, 0.5) is 4.79 Å². The zero-order valence-electron chi connectivity index (χ0n) is 16.9. The molecular weight excluding hydrogens is 400 g/mol. The molecule has 2 aromatic rings. The number of carboxylic acids is 1. The van der Waals surface area contributed by atoms with E-state index in [-0.39, 0.29) is 25.0 Å². The number of carbonyl (C=O) groups is 3. The Labute approximate surface area is 179 Å². The zero-order chi connectivity index (χ0) is 22.0. The van der Waals surface area contributed by atoms with Crippen molar-refractivity contribution in [3.05, 3.63) is 59.7 Å². The van der Waals surface area contributed by atoms with Crippen LogP contribution in [-0.2, 0) is 14.3 Å². The average Bonchev–Trinajstić information content (AvgIpc) is 3.04. The number of alkyl carbamates (subject to hydrolysis) is 1. The summed E-state index contributed by atoms with van der Waals surface area (Å²) in [6.07, 6.45) is -1.37. The van der Waals surface area contributed by atoms with Crippen LogP contribution in [-0.4, -0.2) is 65.4 Å². The molecule has 4 rings (SSSR count). The van der Waals surface area contributed by atoms with Gasteiger partial charge >= 0.3 is 12.1 Å². The smallest absolute Gasteiger partial charge is 0.407 e. The van der Waals surface area contributed by atoms with Gasteiger partial charge in [0.1, 0.15) is 12.6 Å². The first-order valence-electron chi connectivity index (χ1n) is 10.2. The van der Waals surface area contributed by atoms with Crippen LogP contribution in [0.25, 0.3) is 11.1 Å². The largest absolute Gasteiger partial charge is 0.481 e. The summed E-state index contributed by atoms with van der Waals surface area (Å²) in [5.41, 5.74) is 4.32. The van der Waals surface area contributed by atoms with Gasteiger partial charge in [-0.05, 0) is 22.3 Å². The fourth-order valence-electron chi connectivity index (χ4n) is 4.24. The minimum absolute atomic E-state index is 0.0103. The third kappa shape index (κ3) is 4.25. The molecule has 1 saturated heterocycles. The van der Waals surface area contributed by atoms with Crippen LogP contribution in [0.15, 0.2) is 48.5 Å². The molecule has 31 heavy (non-hydrogen) atoms. The Morgan fingerprint density at radius 2 is 1.61 bits per heavy atom. The number of nitrogens with zero attached hydrogens (tertiary/aromatic N) is 1. The minimum atomic E-state index is -1.22. The highest BCUT2D eigenvalue weighted by Crippen LogP contribution is 2.44. The molecule has 2 amide bonds. The van der Waals surface area contributed by atoms with E-state index < -0.39 is 30.4 Å². The summed E-state index contributed by atoms with van der Waals surface area (Å²) in [6.45, 7) is 0.729. The number of carboxylic acid groups (broad SMARTS) is 1. The van der Waals surface area contributed by atoms with Gasteiger partial charge in [0, 0.05) is 31.5 Å². The maximum atomic E-state index is 12.6. The number of benzene rings is 2. The Morgan fingerprint density at radius 1 is 1.03 bits per heavy atom. The van der Waals surface area contributed by atoms with Crippen LogP contribution in [0.3, 0.4) is 0 Å². The fourth-order valence-corrected chi connectivity index (χ4v) is 4.24. The lowest BCUT2D eigenvalue weighted by Crippen LogP contribution is -2.58. The molecule has 8 nitrogen and oxygen atoms in total. The molecule has 1 aliphatic carbocycles. The number of aliphatic carboxylic acids is 1. The molecule has 0 spiro atoms. The molecule has 3 N–H and O–H groups in total. The Kier molecular flexibility index (Phi) is 5.90. The Hall–Kier alpha value is -3.39. The highest BCUT2D eigenvalue weighted by Gasteiger charge is 2.36. The summed E-state index contributed by atoms with van der Waals surface area (Å²) in [5.74, 6) is -1.83. The molecule has 1 unspecified atom stereocenters. The summed E-state index contributed by atoms with van der Waals surface area (Å²) >= 11 is 0. The molecule has 0 aromatic heterocycles. The first kappa shape index (κ1) is 20.9. The van der Waals surface area contributed by atoms with Crippen LogP contribution >= 0.6 is 0 Å². The van der Waals surface area contributed by atoms with Gasteiger partial charge in [-0.15, -0.1) is 0 Å². The summed E-state index contributed by atoms with van der Waals surface area (Å²) in [5, 5.41) is 20.6. The van der Waals surface area contributed by atoms with Gasteiger partial charge < -0.3 is 25.2 Å².